The maximum absolute atomic E-state index is 13.6. The van der Waals surface area contributed by atoms with Gasteiger partial charge in [-0.25, -0.2) is 14.5 Å². The number of anilines is 2. The third kappa shape index (κ3) is 7.20. The number of hydrogen-bond donors (Lipinski definition) is 3. The van der Waals surface area contributed by atoms with Crippen LogP contribution < -0.4 is 16.2 Å². The summed E-state index contributed by atoms with van der Waals surface area (Å²) in [6.45, 7) is 0. The van der Waals surface area contributed by atoms with E-state index in [0.29, 0.717) is 31.9 Å². The molecule has 45 heavy (non-hydrogen) atoms. The van der Waals surface area contributed by atoms with Crippen LogP contribution in [0, 0.1) is 0 Å². The first-order chi connectivity index (χ1) is 21.4. The number of fused-ring (bicyclic) bond motifs is 1. The Morgan fingerprint density at radius 2 is 1.76 bits per heavy atom. The minimum Gasteiger partial charge on any atom is -0.478 e. The van der Waals surface area contributed by atoms with E-state index in [9.17, 15) is 37.5 Å². The van der Waals surface area contributed by atoms with Crippen LogP contribution in [0.15, 0.2) is 59.8 Å². The number of aromatic nitrogens is 5. The minimum absolute atomic E-state index is 0.0668. The van der Waals surface area contributed by atoms with E-state index < -0.39 is 35.3 Å². The number of carboxylic acids is 1. The van der Waals surface area contributed by atoms with E-state index in [1.165, 1.54) is 42.7 Å². The predicted molar refractivity (Wildman–Crippen MR) is 156 cm³/mol. The number of nitrogens with zero attached hydrogens (tertiary/aromatic N) is 5. The van der Waals surface area contributed by atoms with Crippen LogP contribution in [0.2, 0.25) is 5.02 Å². The van der Waals surface area contributed by atoms with E-state index in [0.717, 1.165) is 15.3 Å². The van der Waals surface area contributed by atoms with E-state index in [2.05, 4.69) is 25.9 Å². The smallest absolute Gasteiger partial charge is 0.436 e. The molecule has 0 saturated heterocycles. The molecule has 234 valence electrons. The van der Waals surface area contributed by atoms with Gasteiger partial charge in [0.25, 0.3) is 5.56 Å². The molecule has 3 heterocycles. The molecule has 0 bridgehead atoms. The number of carboxylic acid groups (broad SMARTS) is 1. The first-order valence-corrected chi connectivity index (χ1v) is 14.1. The van der Waals surface area contributed by atoms with Crippen molar-refractivity contribution in [3.63, 3.8) is 0 Å². The van der Waals surface area contributed by atoms with Gasteiger partial charge < -0.3 is 15.7 Å². The van der Waals surface area contributed by atoms with Crippen molar-refractivity contribution >= 4 is 40.8 Å². The Hall–Kier alpha value is -5.05. The molecule has 5 rings (SSSR count). The fourth-order valence-electron chi connectivity index (χ4n) is 4.91. The normalized spacial score (nSPS) is 16.4. The molecule has 12 nitrogen and oxygen atoms in total. The highest BCUT2D eigenvalue weighted by molar-refractivity contribution is 6.31. The second-order valence-corrected chi connectivity index (χ2v) is 10.7. The Labute approximate surface area is 257 Å². The molecule has 0 aliphatic carbocycles. The molecule has 2 amide bonds. The quantitative estimate of drug-likeness (QED) is 0.269. The number of alkyl halides is 3. The standard InChI is InChI=1S/C29H25ClF3N7O5/c30-17-8-10-22(40-14-24(37-38-40)29(31,32)33)18(12-17)20-13-26(42)39(15-34-20)23-5-3-1-2-4-6-25(41)35-21-11-16(28(44)45)7-9-19(21)36-27(23)43/h7-15,23H,1-6H2,(H,35,41)(H,36,43)(H,44,45)/t23-/m0/s1. The third-order valence-corrected chi connectivity index (χ3v) is 7.40. The zero-order chi connectivity index (χ0) is 32.3. The minimum atomic E-state index is -4.72. The summed E-state index contributed by atoms with van der Waals surface area (Å²) in [6, 6.07) is 8.24. The maximum Gasteiger partial charge on any atom is 0.436 e. The lowest BCUT2D eigenvalue weighted by molar-refractivity contribution is -0.141. The summed E-state index contributed by atoms with van der Waals surface area (Å²) in [6.07, 6.45) is 0.0823. The molecule has 2 aromatic heterocycles. The number of benzene rings is 2. The molecule has 0 saturated carbocycles. The molecular weight excluding hydrogens is 619 g/mol. The summed E-state index contributed by atoms with van der Waals surface area (Å²) >= 11 is 6.17. The zero-order valence-corrected chi connectivity index (χ0v) is 24.1. The summed E-state index contributed by atoms with van der Waals surface area (Å²) < 4.78 is 41.5. The Bertz CT molecular complexity index is 1840. The van der Waals surface area contributed by atoms with Gasteiger partial charge in [0.2, 0.25) is 11.8 Å². The lowest BCUT2D eigenvalue weighted by Gasteiger charge is -2.21. The lowest BCUT2D eigenvalue weighted by atomic mass is 10.0. The lowest BCUT2D eigenvalue weighted by Crippen LogP contribution is -2.33. The van der Waals surface area contributed by atoms with Gasteiger partial charge in [0.15, 0.2) is 5.69 Å². The number of hydrogen-bond acceptors (Lipinski definition) is 7. The van der Waals surface area contributed by atoms with Gasteiger partial charge in [-0.05, 0) is 49.2 Å². The topological polar surface area (TPSA) is 161 Å². The molecule has 3 N–H and O–H groups in total. The molecule has 0 radical (unpaired) electrons. The van der Waals surface area contributed by atoms with Crippen LogP contribution in [0.5, 0.6) is 0 Å². The molecule has 0 spiro atoms. The van der Waals surface area contributed by atoms with Gasteiger partial charge in [0.1, 0.15) is 6.04 Å². The summed E-state index contributed by atoms with van der Waals surface area (Å²) in [5.41, 5.74) is -1.29. The molecule has 16 heteroatoms. The van der Waals surface area contributed by atoms with Gasteiger partial charge in [-0.3, -0.25) is 19.0 Å². The molecule has 0 fully saturated rings. The summed E-state index contributed by atoms with van der Waals surface area (Å²) in [5.74, 6) is -2.15. The van der Waals surface area contributed by atoms with E-state index in [1.54, 1.807) is 0 Å². The molecule has 1 atom stereocenters. The van der Waals surface area contributed by atoms with Gasteiger partial charge in [-0.15, -0.1) is 5.10 Å². The number of carbonyl (C=O) groups is 3. The first-order valence-electron chi connectivity index (χ1n) is 13.8. The van der Waals surface area contributed by atoms with Crippen LogP contribution in [0.25, 0.3) is 16.9 Å². The average Bonchev–Trinajstić information content (AvgIpc) is 3.49. The fraction of sp³-hybridized carbons (Fsp3) is 0.276. The average molecular weight is 644 g/mol. The van der Waals surface area contributed by atoms with Crippen LogP contribution in [0.4, 0.5) is 24.5 Å². The van der Waals surface area contributed by atoms with E-state index in [1.807, 2.05) is 0 Å². The number of rotatable bonds is 4. The highest BCUT2D eigenvalue weighted by Crippen LogP contribution is 2.32. The Morgan fingerprint density at radius 1 is 0.978 bits per heavy atom. The van der Waals surface area contributed by atoms with Crippen molar-refractivity contribution in [2.75, 3.05) is 10.6 Å². The Kier molecular flexibility index (Phi) is 8.99. The monoisotopic (exact) mass is 643 g/mol. The fourth-order valence-corrected chi connectivity index (χ4v) is 5.08. The highest BCUT2D eigenvalue weighted by Gasteiger charge is 2.35. The van der Waals surface area contributed by atoms with Crippen molar-refractivity contribution in [2.24, 2.45) is 0 Å². The second kappa shape index (κ2) is 12.9. The largest absolute Gasteiger partial charge is 0.478 e. The zero-order valence-electron chi connectivity index (χ0n) is 23.3. The maximum atomic E-state index is 13.6. The number of halogens is 4. The summed E-state index contributed by atoms with van der Waals surface area (Å²) in [5, 5.41) is 21.7. The summed E-state index contributed by atoms with van der Waals surface area (Å²) in [7, 11) is 0. The van der Waals surface area contributed by atoms with Crippen molar-refractivity contribution in [3.8, 4) is 16.9 Å². The van der Waals surface area contributed by atoms with E-state index in [4.69, 9.17) is 11.6 Å². The SMILES string of the molecule is O=C1CCCCCC[C@H](n2cnc(-c3cc(Cl)ccc3-n3cc(C(F)(F)F)nn3)cc2=O)C(=O)Nc2ccc(C(=O)O)cc2N1. The van der Waals surface area contributed by atoms with Gasteiger partial charge in [0.05, 0.1) is 40.8 Å². The Balaban J connectivity index is 1.50. The van der Waals surface area contributed by atoms with Crippen molar-refractivity contribution < 1.29 is 32.7 Å². The highest BCUT2D eigenvalue weighted by atomic mass is 35.5. The van der Waals surface area contributed by atoms with Crippen LogP contribution in [-0.4, -0.2) is 47.4 Å². The van der Waals surface area contributed by atoms with Gasteiger partial charge in [0, 0.05) is 23.1 Å². The van der Waals surface area contributed by atoms with Crippen LogP contribution in [0.3, 0.4) is 0 Å². The molecule has 1 aliphatic rings. The number of amides is 2. The van der Waals surface area contributed by atoms with Gasteiger partial charge in [-0.1, -0.05) is 36.1 Å². The second-order valence-electron chi connectivity index (χ2n) is 10.3. The van der Waals surface area contributed by atoms with E-state index >= 15 is 0 Å². The third-order valence-electron chi connectivity index (χ3n) is 7.17. The van der Waals surface area contributed by atoms with Crippen molar-refractivity contribution in [1.82, 2.24) is 24.5 Å². The molecule has 0 unspecified atom stereocenters. The van der Waals surface area contributed by atoms with E-state index in [-0.39, 0.29) is 57.7 Å². The number of nitrogens with one attached hydrogen (secondary N) is 2. The predicted octanol–water partition coefficient (Wildman–Crippen LogP) is 5.33. The van der Waals surface area contributed by atoms with Crippen molar-refractivity contribution in [3.05, 3.63) is 81.6 Å². The van der Waals surface area contributed by atoms with Gasteiger partial charge in [-0.2, -0.15) is 13.2 Å². The number of aromatic carboxylic acids is 1. The van der Waals surface area contributed by atoms with Gasteiger partial charge >= 0.3 is 12.1 Å². The van der Waals surface area contributed by atoms with Crippen LogP contribution in [-0.2, 0) is 15.8 Å². The van der Waals surface area contributed by atoms with Crippen LogP contribution >= 0.6 is 11.6 Å². The molecule has 1 aliphatic heterocycles. The molecular formula is C29H25ClF3N7O5. The van der Waals surface area contributed by atoms with Crippen LogP contribution in [0.1, 0.15) is 60.6 Å². The first kappa shape index (κ1) is 31.4. The Morgan fingerprint density at radius 3 is 2.47 bits per heavy atom. The molecule has 2 aromatic carbocycles. The molecule has 4 aromatic rings. The number of carbonyl (C=O) groups excluding carboxylic acids is 2. The summed E-state index contributed by atoms with van der Waals surface area (Å²) in [4.78, 5) is 55.4. The van der Waals surface area contributed by atoms with Crippen molar-refractivity contribution in [1.29, 1.82) is 0 Å². The van der Waals surface area contributed by atoms with Crippen molar-refractivity contribution in [2.45, 2.75) is 50.7 Å².